The number of carbonyl (C=O) groups is 3. The van der Waals surface area contributed by atoms with E-state index in [0.29, 0.717) is 11.3 Å². The Bertz CT molecular complexity index is 1340. The monoisotopic (exact) mass is 521 g/mol. The minimum atomic E-state index is -0.982. The van der Waals surface area contributed by atoms with E-state index >= 15 is 0 Å². The second-order valence-electron chi connectivity index (χ2n) is 7.26. The molecule has 4 heterocycles. The molecule has 184 valence electrons. The van der Waals surface area contributed by atoms with Gasteiger partial charge in [-0.2, -0.15) is 0 Å². The zero-order valence-electron chi connectivity index (χ0n) is 18.3. The zero-order valence-corrected chi connectivity index (χ0v) is 20.0. The number of thioether (sulfide) groups is 1. The van der Waals surface area contributed by atoms with Gasteiger partial charge in [-0.3, -0.25) is 14.5 Å². The van der Waals surface area contributed by atoms with Gasteiger partial charge in [-0.15, -0.1) is 23.1 Å². The van der Waals surface area contributed by atoms with Crippen LogP contribution in [0, 0.1) is 6.92 Å². The van der Waals surface area contributed by atoms with Crippen LogP contribution in [-0.2, 0) is 25.7 Å². The molecule has 0 unspecified atom stereocenters. The first-order chi connectivity index (χ1) is 16.7. The van der Waals surface area contributed by atoms with Gasteiger partial charge in [0.1, 0.15) is 22.8 Å². The molecule has 13 nitrogen and oxygen atoms in total. The number of β-lactam (4-membered cyclic amide) rings is 1. The highest BCUT2D eigenvalue weighted by Crippen LogP contribution is 2.41. The Balaban J connectivity index is 1.51. The number of esters is 1. The molecule has 15 heteroatoms. The summed E-state index contributed by atoms with van der Waals surface area (Å²) in [5, 5.41) is 15.8. The van der Waals surface area contributed by atoms with Crippen LogP contribution >= 0.6 is 23.1 Å². The predicted octanol–water partition coefficient (Wildman–Crippen LogP) is 0.732. The number of anilines is 1. The highest BCUT2D eigenvalue weighted by atomic mass is 32.2. The molecule has 4 rings (SSSR count). The summed E-state index contributed by atoms with van der Waals surface area (Å²) in [6.07, 6.45) is 3.40. The second kappa shape index (κ2) is 9.79. The van der Waals surface area contributed by atoms with Gasteiger partial charge < -0.3 is 29.8 Å². The lowest BCUT2D eigenvalue weighted by Gasteiger charge is -2.49. The molecule has 2 aromatic heterocycles. The summed E-state index contributed by atoms with van der Waals surface area (Å²) >= 11 is 2.40. The Kier molecular flexibility index (Phi) is 6.79. The number of hydrogen-bond acceptors (Lipinski definition) is 13. The molecule has 1 saturated heterocycles. The molecule has 0 radical (unpaired) electrons. The first-order valence-corrected chi connectivity index (χ1v) is 12.0. The Labute approximate surface area is 205 Å². The van der Waals surface area contributed by atoms with Crippen LogP contribution in [0.1, 0.15) is 24.1 Å². The van der Waals surface area contributed by atoms with E-state index in [1.165, 1.54) is 29.0 Å². The molecular formula is C20H19N5O8S2. The first-order valence-electron chi connectivity index (χ1n) is 10.1. The van der Waals surface area contributed by atoms with Crippen LogP contribution in [0.25, 0.3) is 0 Å². The SMILES string of the molecule is C/C=C\C1=C(C(=O)OCc2oc(=O)oc2C)N2C(=O)[C@@H](NC(=O)/C(=N\O)c3csc(N)n3)[C@@H]2SC1. The van der Waals surface area contributed by atoms with E-state index in [1.54, 1.807) is 19.1 Å². The maximum Gasteiger partial charge on any atom is 0.519 e. The highest BCUT2D eigenvalue weighted by molar-refractivity contribution is 8.00. The number of amides is 2. The number of ether oxygens (including phenoxy) is 1. The molecular weight excluding hydrogens is 502 g/mol. The van der Waals surface area contributed by atoms with Crippen molar-refractivity contribution in [1.29, 1.82) is 0 Å². The summed E-state index contributed by atoms with van der Waals surface area (Å²) in [7, 11) is 0. The third kappa shape index (κ3) is 4.59. The fourth-order valence-electron chi connectivity index (χ4n) is 3.49. The number of thiazole rings is 1. The molecule has 35 heavy (non-hydrogen) atoms. The average molecular weight is 522 g/mol. The fraction of sp³-hybridized carbons (Fsp3) is 0.300. The Hall–Kier alpha value is -3.85. The number of oxime groups is 1. The van der Waals surface area contributed by atoms with Crippen molar-refractivity contribution < 1.29 is 33.2 Å². The van der Waals surface area contributed by atoms with Gasteiger partial charge in [0.05, 0.1) is 0 Å². The molecule has 0 aromatic carbocycles. The standard InChI is InChI=1S/C20H19N5O8S2/c1-3-4-9-6-34-17-13(23-15(26)12(24-30)10-7-35-19(21)22-10)16(27)25(17)14(9)18(28)31-5-11-8(2)32-20(29)33-11/h3-4,7,13,17,30H,5-6H2,1-2H3,(H2,21,22)(H,23,26)/b4-3-,24-12-/t13-,17+/m1/s1. The normalized spacial score (nSPS) is 20.1. The molecule has 0 saturated carbocycles. The Morgan fingerprint density at radius 2 is 2.20 bits per heavy atom. The number of allylic oxidation sites excluding steroid dienone is 2. The number of nitrogens with one attached hydrogen (secondary N) is 1. The smallest absolute Gasteiger partial charge is 0.453 e. The van der Waals surface area contributed by atoms with Gasteiger partial charge in [0, 0.05) is 11.1 Å². The Morgan fingerprint density at radius 3 is 2.80 bits per heavy atom. The van der Waals surface area contributed by atoms with Crippen LogP contribution in [0.3, 0.4) is 0 Å². The van der Waals surface area contributed by atoms with E-state index in [4.69, 9.17) is 19.3 Å². The largest absolute Gasteiger partial charge is 0.519 e. The maximum absolute atomic E-state index is 13.0. The van der Waals surface area contributed by atoms with E-state index in [9.17, 15) is 24.4 Å². The van der Waals surface area contributed by atoms with Crippen LogP contribution in [0.5, 0.6) is 0 Å². The summed E-state index contributed by atoms with van der Waals surface area (Å²) in [6.45, 7) is 2.89. The van der Waals surface area contributed by atoms with Crippen molar-refractivity contribution in [3.63, 3.8) is 0 Å². The minimum Gasteiger partial charge on any atom is -0.453 e. The van der Waals surface area contributed by atoms with Crippen LogP contribution in [0.4, 0.5) is 5.13 Å². The third-order valence-corrected chi connectivity index (χ3v) is 7.07. The molecule has 0 bridgehead atoms. The molecule has 2 aliphatic heterocycles. The number of aryl methyl sites for hydroxylation is 1. The number of carbonyl (C=O) groups excluding carboxylic acids is 3. The number of hydrogen-bond donors (Lipinski definition) is 3. The maximum atomic E-state index is 13.0. The van der Waals surface area contributed by atoms with Crippen molar-refractivity contribution >= 4 is 51.7 Å². The number of nitrogens with zero attached hydrogens (tertiary/aromatic N) is 3. The van der Waals surface area contributed by atoms with E-state index in [1.807, 2.05) is 0 Å². The lowest BCUT2D eigenvalue weighted by molar-refractivity contribution is -0.153. The van der Waals surface area contributed by atoms with Gasteiger partial charge in [0.15, 0.2) is 29.0 Å². The molecule has 1 fully saturated rings. The number of rotatable bonds is 7. The van der Waals surface area contributed by atoms with Crippen molar-refractivity contribution in [3.05, 3.63) is 56.6 Å². The van der Waals surface area contributed by atoms with Gasteiger partial charge in [-0.25, -0.2) is 14.6 Å². The van der Waals surface area contributed by atoms with Gasteiger partial charge in [-0.1, -0.05) is 17.3 Å². The molecule has 4 N–H and O–H groups in total. The van der Waals surface area contributed by atoms with Crippen molar-refractivity contribution in [3.8, 4) is 0 Å². The quantitative estimate of drug-likeness (QED) is 0.153. The first kappa shape index (κ1) is 24.3. The minimum absolute atomic E-state index is 0.0224. The summed E-state index contributed by atoms with van der Waals surface area (Å²) in [5.74, 6) is -2.51. The van der Waals surface area contributed by atoms with E-state index in [0.717, 1.165) is 11.3 Å². The summed E-state index contributed by atoms with van der Waals surface area (Å²) < 4.78 is 14.9. The second-order valence-corrected chi connectivity index (χ2v) is 9.26. The number of aromatic nitrogens is 1. The molecule has 2 aromatic rings. The molecule has 2 amide bonds. The fourth-order valence-corrected chi connectivity index (χ4v) is 5.35. The van der Waals surface area contributed by atoms with Crippen LogP contribution < -0.4 is 16.9 Å². The summed E-state index contributed by atoms with van der Waals surface area (Å²) in [4.78, 5) is 55.0. The van der Waals surface area contributed by atoms with Crippen molar-refractivity contribution in [1.82, 2.24) is 15.2 Å². The van der Waals surface area contributed by atoms with Crippen molar-refractivity contribution in [2.24, 2.45) is 5.16 Å². The Morgan fingerprint density at radius 1 is 1.43 bits per heavy atom. The third-order valence-electron chi connectivity index (χ3n) is 5.10. The lowest BCUT2D eigenvalue weighted by Crippen LogP contribution is -2.71. The van der Waals surface area contributed by atoms with Crippen LogP contribution in [0.2, 0.25) is 0 Å². The van der Waals surface area contributed by atoms with Gasteiger partial charge >= 0.3 is 11.8 Å². The summed E-state index contributed by atoms with van der Waals surface area (Å²) in [5.41, 5.74) is 5.81. The van der Waals surface area contributed by atoms with Crippen molar-refractivity contribution in [2.45, 2.75) is 31.9 Å². The van der Waals surface area contributed by atoms with E-state index in [2.05, 4.69) is 15.5 Å². The lowest BCUT2D eigenvalue weighted by atomic mass is 10.0. The molecule has 0 spiro atoms. The van der Waals surface area contributed by atoms with Gasteiger partial charge in [-0.05, 0) is 19.4 Å². The van der Waals surface area contributed by atoms with Crippen LogP contribution in [0.15, 0.2) is 47.6 Å². The molecule has 0 aliphatic carbocycles. The predicted molar refractivity (Wildman–Crippen MR) is 123 cm³/mol. The van der Waals surface area contributed by atoms with E-state index < -0.39 is 40.7 Å². The van der Waals surface area contributed by atoms with Crippen LogP contribution in [-0.4, -0.2) is 55.8 Å². The topological polar surface area (TPSA) is 191 Å². The van der Waals surface area contributed by atoms with Gasteiger partial charge in [0.25, 0.3) is 11.8 Å². The number of nitrogen functional groups attached to an aromatic ring is 1. The highest BCUT2D eigenvalue weighted by Gasteiger charge is 2.54. The van der Waals surface area contributed by atoms with Crippen molar-refractivity contribution in [2.75, 3.05) is 11.5 Å². The average Bonchev–Trinajstić information content (AvgIpc) is 3.39. The molecule has 2 atom stereocenters. The zero-order chi connectivity index (χ0) is 25.3. The number of nitrogens with two attached hydrogens (primary N) is 1. The van der Waals surface area contributed by atoms with E-state index in [-0.39, 0.29) is 34.6 Å². The molecule has 2 aliphatic rings. The number of fused-ring (bicyclic) bond motifs is 1. The summed E-state index contributed by atoms with van der Waals surface area (Å²) in [6, 6.07) is -0.982. The van der Waals surface area contributed by atoms with Gasteiger partial charge in [0.2, 0.25) is 0 Å².